The molecule has 4 heteroatoms. The summed E-state index contributed by atoms with van der Waals surface area (Å²) in [4.78, 5) is 15.5. The van der Waals surface area contributed by atoms with Crippen molar-refractivity contribution in [2.45, 2.75) is 47.1 Å². The third-order valence-electron chi connectivity index (χ3n) is 6.04. The van der Waals surface area contributed by atoms with Crippen LogP contribution in [0, 0.1) is 6.92 Å². The van der Waals surface area contributed by atoms with Crippen molar-refractivity contribution in [3.05, 3.63) is 70.8 Å². The van der Waals surface area contributed by atoms with Gasteiger partial charge in [0.15, 0.2) is 0 Å². The van der Waals surface area contributed by atoms with E-state index in [-0.39, 0.29) is 11.4 Å². The first-order chi connectivity index (χ1) is 14.2. The van der Waals surface area contributed by atoms with Gasteiger partial charge in [-0.3, -0.25) is 4.79 Å². The summed E-state index contributed by atoms with van der Waals surface area (Å²) in [7, 11) is 0. The molecule has 0 radical (unpaired) electrons. The number of aryl methyl sites for hydroxylation is 1. The van der Waals surface area contributed by atoms with Gasteiger partial charge in [0.05, 0.1) is 22.5 Å². The lowest BCUT2D eigenvalue weighted by Gasteiger charge is -2.43. The fourth-order valence-electron chi connectivity index (χ4n) is 4.56. The van der Waals surface area contributed by atoms with E-state index < -0.39 is 0 Å². The van der Waals surface area contributed by atoms with Gasteiger partial charge in [0.25, 0.3) is 5.91 Å². The Kier molecular flexibility index (Phi) is 4.89. The van der Waals surface area contributed by atoms with E-state index >= 15 is 0 Å². The molecule has 2 aromatic carbocycles. The number of hydrogen-bond donors (Lipinski definition) is 0. The number of hydrazone groups is 1. The number of carbonyl (C=O) groups is 1. The van der Waals surface area contributed by atoms with Gasteiger partial charge in [0.2, 0.25) is 0 Å². The SMILES string of the molecule is CCN1c2cc(C)c(/C=C3\C(=O)N(c4ccccc4)N=C3C)cc2C(C)=CC1(C)C. The Morgan fingerprint density at radius 3 is 2.43 bits per heavy atom. The Balaban J connectivity index is 1.76. The molecule has 30 heavy (non-hydrogen) atoms. The highest BCUT2D eigenvalue weighted by Crippen LogP contribution is 2.40. The van der Waals surface area contributed by atoms with Gasteiger partial charge in [-0.15, -0.1) is 0 Å². The zero-order valence-electron chi connectivity index (χ0n) is 18.7. The van der Waals surface area contributed by atoms with Gasteiger partial charge in [-0.05, 0) is 88.6 Å². The van der Waals surface area contributed by atoms with Crippen LogP contribution in [0.4, 0.5) is 11.4 Å². The van der Waals surface area contributed by atoms with Crippen molar-refractivity contribution in [2.75, 3.05) is 16.5 Å². The number of nitrogens with zero attached hydrogens (tertiary/aromatic N) is 3. The monoisotopic (exact) mass is 399 g/mol. The predicted molar refractivity (Wildman–Crippen MR) is 127 cm³/mol. The molecule has 1 amide bonds. The van der Waals surface area contributed by atoms with E-state index in [1.807, 2.05) is 43.3 Å². The maximum Gasteiger partial charge on any atom is 0.280 e. The van der Waals surface area contributed by atoms with Crippen LogP contribution in [0.25, 0.3) is 11.6 Å². The van der Waals surface area contributed by atoms with Gasteiger partial charge >= 0.3 is 0 Å². The summed E-state index contributed by atoms with van der Waals surface area (Å²) in [6.45, 7) is 13.8. The molecule has 2 heterocycles. The molecule has 0 N–H and O–H groups in total. The summed E-state index contributed by atoms with van der Waals surface area (Å²) in [5, 5.41) is 5.99. The number of allylic oxidation sites excluding steroid dienone is 1. The van der Waals surface area contributed by atoms with Crippen LogP contribution < -0.4 is 9.91 Å². The third kappa shape index (κ3) is 3.26. The van der Waals surface area contributed by atoms with Crippen molar-refractivity contribution in [2.24, 2.45) is 5.10 Å². The second kappa shape index (κ2) is 7.28. The van der Waals surface area contributed by atoms with Gasteiger partial charge in [-0.2, -0.15) is 10.1 Å². The highest BCUT2D eigenvalue weighted by Gasteiger charge is 2.32. The van der Waals surface area contributed by atoms with Gasteiger partial charge < -0.3 is 4.90 Å². The molecule has 2 aliphatic heterocycles. The van der Waals surface area contributed by atoms with Gasteiger partial charge in [-0.1, -0.05) is 24.3 Å². The number of fused-ring (bicyclic) bond motifs is 1. The van der Waals surface area contributed by atoms with Crippen LogP contribution in [0.2, 0.25) is 0 Å². The molecule has 0 aliphatic carbocycles. The van der Waals surface area contributed by atoms with Crippen molar-refractivity contribution in [3.8, 4) is 0 Å². The van der Waals surface area contributed by atoms with Crippen LogP contribution >= 0.6 is 0 Å². The molecule has 2 aliphatic rings. The molecule has 0 unspecified atom stereocenters. The Morgan fingerprint density at radius 1 is 1.07 bits per heavy atom. The molecule has 4 nitrogen and oxygen atoms in total. The molecule has 0 saturated carbocycles. The molecule has 154 valence electrons. The second-order valence-electron chi connectivity index (χ2n) is 8.65. The fraction of sp³-hybridized carbons (Fsp3) is 0.308. The number of para-hydroxylation sites is 1. The van der Waals surface area contributed by atoms with Crippen molar-refractivity contribution >= 4 is 34.6 Å². The first kappa shape index (κ1) is 20.1. The van der Waals surface area contributed by atoms with Crippen molar-refractivity contribution in [3.63, 3.8) is 0 Å². The highest BCUT2D eigenvalue weighted by molar-refractivity contribution is 6.32. The summed E-state index contributed by atoms with van der Waals surface area (Å²) in [6.07, 6.45) is 4.32. The number of likely N-dealkylation sites (N-methyl/N-ethyl adjacent to an activating group) is 1. The van der Waals surface area contributed by atoms with Crippen molar-refractivity contribution in [1.82, 2.24) is 0 Å². The average Bonchev–Trinajstić information content (AvgIpc) is 2.97. The molecule has 4 rings (SSSR count). The number of rotatable bonds is 3. The summed E-state index contributed by atoms with van der Waals surface area (Å²) >= 11 is 0. The summed E-state index contributed by atoms with van der Waals surface area (Å²) in [5.74, 6) is -0.0839. The smallest absolute Gasteiger partial charge is 0.280 e. The summed E-state index contributed by atoms with van der Waals surface area (Å²) in [5.41, 5.74) is 8.13. The highest BCUT2D eigenvalue weighted by atomic mass is 16.2. The van der Waals surface area contributed by atoms with Gasteiger partial charge in [-0.25, -0.2) is 0 Å². The maximum absolute atomic E-state index is 13.1. The summed E-state index contributed by atoms with van der Waals surface area (Å²) < 4.78 is 0. The minimum Gasteiger partial charge on any atom is -0.363 e. The van der Waals surface area contributed by atoms with Crippen LogP contribution in [-0.2, 0) is 4.79 Å². The van der Waals surface area contributed by atoms with E-state index in [1.54, 1.807) is 0 Å². The van der Waals surface area contributed by atoms with Crippen LogP contribution in [0.5, 0.6) is 0 Å². The standard InChI is InChI=1S/C26H29N3O/c1-7-28-24-13-17(2)20(14-22(24)18(3)16-26(28,5)6)15-23-19(4)27-29(25(23)30)21-11-9-8-10-12-21/h8-16H,7H2,1-6H3/b23-15-. The van der Waals surface area contributed by atoms with E-state index in [9.17, 15) is 4.79 Å². The fourth-order valence-corrected chi connectivity index (χ4v) is 4.56. The van der Waals surface area contributed by atoms with E-state index in [4.69, 9.17) is 0 Å². The Morgan fingerprint density at radius 2 is 1.77 bits per heavy atom. The first-order valence-electron chi connectivity index (χ1n) is 10.5. The molecular weight excluding hydrogens is 370 g/mol. The molecule has 0 spiro atoms. The van der Waals surface area contributed by atoms with E-state index in [0.717, 1.165) is 29.1 Å². The maximum atomic E-state index is 13.1. The van der Waals surface area contributed by atoms with Gasteiger partial charge in [0.1, 0.15) is 0 Å². The average molecular weight is 400 g/mol. The van der Waals surface area contributed by atoms with Crippen LogP contribution in [0.3, 0.4) is 0 Å². The minimum atomic E-state index is -0.0839. The van der Waals surface area contributed by atoms with Crippen LogP contribution in [-0.4, -0.2) is 23.7 Å². The Labute approximate surface area is 179 Å². The van der Waals surface area contributed by atoms with E-state index in [1.165, 1.54) is 21.8 Å². The molecule has 0 aromatic heterocycles. The normalized spacial score (nSPS) is 19.1. The van der Waals surface area contributed by atoms with E-state index in [2.05, 4.69) is 62.8 Å². The minimum absolute atomic E-state index is 0.0148. The Hall–Kier alpha value is -3.14. The number of anilines is 2. The predicted octanol–water partition coefficient (Wildman–Crippen LogP) is 5.82. The Bertz CT molecular complexity index is 1110. The van der Waals surface area contributed by atoms with Crippen molar-refractivity contribution in [1.29, 1.82) is 0 Å². The molecule has 0 bridgehead atoms. The van der Waals surface area contributed by atoms with Crippen LogP contribution in [0.15, 0.2) is 59.2 Å². The van der Waals surface area contributed by atoms with Gasteiger partial charge in [0, 0.05) is 17.8 Å². The first-order valence-corrected chi connectivity index (χ1v) is 10.5. The van der Waals surface area contributed by atoms with Crippen molar-refractivity contribution < 1.29 is 4.79 Å². The molecule has 0 fully saturated rings. The number of hydrogen-bond acceptors (Lipinski definition) is 3. The topological polar surface area (TPSA) is 35.9 Å². The second-order valence-corrected chi connectivity index (χ2v) is 8.65. The van der Waals surface area contributed by atoms with Crippen LogP contribution in [0.1, 0.15) is 51.3 Å². The largest absolute Gasteiger partial charge is 0.363 e. The molecular formula is C26H29N3O. The zero-order chi connectivity index (χ0) is 21.6. The lowest BCUT2D eigenvalue weighted by Crippen LogP contribution is -2.44. The molecule has 0 atom stereocenters. The zero-order valence-corrected chi connectivity index (χ0v) is 18.7. The number of carbonyl (C=O) groups excluding carboxylic acids is 1. The quantitative estimate of drug-likeness (QED) is 0.610. The van der Waals surface area contributed by atoms with E-state index in [0.29, 0.717) is 5.57 Å². The lowest BCUT2D eigenvalue weighted by molar-refractivity contribution is -0.114. The third-order valence-corrected chi connectivity index (χ3v) is 6.04. The number of benzene rings is 2. The lowest BCUT2D eigenvalue weighted by atomic mass is 9.86. The summed E-state index contributed by atoms with van der Waals surface area (Å²) in [6, 6.07) is 14.0. The number of amides is 1. The molecule has 0 saturated heterocycles. The molecule has 2 aromatic rings.